The Kier molecular flexibility index (Phi) is 2.84. The molecule has 0 spiro atoms. The lowest BCUT2D eigenvalue weighted by atomic mass is 10.0. The van der Waals surface area contributed by atoms with Crippen LogP contribution in [0.25, 0.3) is 110 Å². The molecule has 0 saturated carbocycles. The van der Waals surface area contributed by atoms with Crippen molar-refractivity contribution in [2.75, 3.05) is 0 Å². The molecule has 57 heavy (non-hydrogen) atoms. The molecule has 3 heteroatoms. The molecule has 266 valence electrons. The molecule has 12 rings (SSSR count). The molecule has 0 radical (unpaired) electrons. The van der Waals surface area contributed by atoms with Crippen molar-refractivity contribution in [3.63, 3.8) is 0 Å². The van der Waals surface area contributed by atoms with Crippen molar-refractivity contribution >= 4 is 65.6 Å². The normalized spacial score (nSPS) is 20.2. The van der Waals surface area contributed by atoms with E-state index in [9.17, 15) is 20.6 Å². The fraction of sp³-hybridized carbons (Fsp3) is 0. The maximum Gasteiger partial charge on any atom is 0.159 e. The molecule has 0 aliphatic heterocycles. The van der Waals surface area contributed by atoms with Crippen LogP contribution in [-0.4, -0.2) is 9.13 Å². The number of benzene rings is 9. The van der Waals surface area contributed by atoms with Gasteiger partial charge in [0.05, 0.1) is 74.4 Å². The largest absolute Gasteiger partial charge is 0.454 e. The predicted molar refractivity (Wildman–Crippen MR) is 239 cm³/mol. The molecule has 0 saturated heterocycles. The van der Waals surface area contributed by atoms with Gasteiger partial charge in [-0.25, -0.2) is 0 Å². The monoisotopic (exact) mass is 760 g/mol. The Morgan fingerprint density at radius 3 is 1.47 bits per heavy atom. The third kappa shape index (κ3) is 4.92. The van der Waals surface area contributed by atoms with Gasteiger partial charge in [-0.1, -0.05) is 139 Å². The SMILES string of the molecule is [2H]c1c([2H])c([2H])c(-c2c([2H])c([2H])c([2H])c(-n3c4c([2H])c([2H])c([2H])c([2H])c4c4c([2H])c(-c5c([2H])c([2H])c6c(c5[2H])c5c([2H])c([2H])c([2H])c([2H])c5n6-c5c([2H])c([2H])c([2H])c6c5oc5c([2H])c([2H])c(-c7c([2H])c([2H])c([2H])c([2H])c7[2H])c([2H])c56)c([2H])c([2H])c43)c2[2H])c([2H])c1[2H]. The van der Waals surface area contributed by atoms with Gasteiger partial charge in [0.15, 0.2) is 5.58 Å². The van der Waals surface area contributed by atoms with Crippen molar-refractivity contribution in [1.29, 1.82) is 0 Å². The minimum absolute atomic E-state index is 0.573. The Bertz CT molecular complexity index is 5470. The van der Waals surface area contributed by atoms with Gasteiger partial charge in [0.1, 0.15) is 5.58 Å². The second-order valence-electron chi connectivity index (χ2n) is 12.3. The summed E-state index contributed by atoms with van der Waals surface area (Å²) >= 11 is 0. The van der Waals surface area contributed by atoms with Crippen LogP contribution in [-0.2, 0) is 0 Å². The van der Waals surface area contributed by atoms with E-state index >= 15 is 0 Å². The molecule has 12 aromatic rings. The standard InChI is InChI=1S/C54H34N2O/c1-3-13-35(14-4-1)37-17-11-18-41(31-37)55-48-22-9-7-19-42(48)45-32-39(25-28-50(45)55)40-26-29-51-46(33-40)43-20-8-10-23-49(43)56(51)52-24-12-21-44-47-34-38(36-15-5-2-6-16-36)27-30-53(47)57-54(44)52/h1-34H/i1D,2D,3D,4D,5D,6D,7D,8D,9D,10D,11D,12D,13D,14D,15D,16D,17D,18D,19D,20D,21D,22D,23D,24D,25D,26D,27D,28D,29D,30D,31D,32D,33D,34D. The lowest BCUT2D eigenvalue weighted by Gasteiger charge is -2.11. The van der Waals surface area contributed by atoms with Gasteiger partial charge in [-0.05, 0) is 99.8 Å². The Morgan fingerprint density at radius 2 is 0.789 bits per heavy atom. The Labute approximate surface area is 376 Å². The van der Waals surface area contributed by atoms with Gasteiger partial charge < -0.3 is 13.6 Å². The average molecular weight is 761 g/mol. The van der Waals surface area contributed by atoms with E-state index in [1.807, 2.05) is 0 Å². The third-order valence-electron chi connectivity index (χ3n) is 9.17. The second kappa shape index (κ2) is 12.5. The zero-order valence-electron chi connectivity index (χ0n) is 62.3. The summed E-state index contributed by atoms with van der Waals surface area (Å²) in [6.07, 6.45) is 0. The van der Waals surface area contributed by atoms with E-state index in [4.69, 9.17) is 30.5 Å². The molecule has 3 heterocycles. The van der Waals surface area contributed by atoms with Crippen LogP contribution in [0, 0.1) is 0 Å². The van der Waals surface area contributed by atoms with Gasteiger partial charge in [-0.15, -0.1) is 0 Å². The fourth-order valence-electron chi connectivity index (χ4n) is 6.74. The second-order valence-corrected chi connectivity index (χ2v) is 12.3. The molecular weight excluding hydrogens is 693 g/mol. The van der Waals surface area contributed by atoms with Crippen molar-refractivity contribution in [1.82, 2.24) is 9.13 Å². The zero-order chi connectivity index (χ0) is 67.0. The Hall–Kier alpha value is -7.62. The highest BCUT2D eigenvalue weighted by molar-refractivity contribution is 6.15. The van der Waals surface area contributed by atoms with Crippen molar-refractivity contribution < 1.29 is 51.0 Å². The molecule has 3 nitrogen and oxygen atoms in total. The fourth-order valence-corrected chi connectivity index (χ4v) is 6.74. The van der Waals surface area contributed by atoms with Gasteiger partial charge in [0, 0.05) is 38.0 Å². The molecule has 0 aliphatic rings. The molecule has 0 fully saturated rings. The van der Waals surface area contributed by atoms with Crippen LogP contribution in [0.2, 0.25) is 0 Å². The number of fused-ring (bicyclic) bond motifs is 9. The van der Waals surface area contributed by atoms with E-state index < -0.39 is 316 Å². The van der Waals surface area contributed by atoms with Crippen LogP contribution >= 0.6 is 0 Å². The molecular formula is C54H34N2O. The maximum absolute atomic E-state index is 10.0. The van der Waals surface area contributed by atoms with E-state index in [0.29, 0.717) is 4.57 Å². The summed E-state index contributed by atoms with van der Waals surface area (Å²) in [7, 11) is 0. The maximum atomic E-state index is 10.0. The summed E-state index contributed by atoms with van der Waals surface area (Å²) < 4.78 is 315. The zero-order valence-corrected chi connectivity index (χ0v) is 28.3. The average Bonchev–Trinajstić information content (AvgIpc) is 1.55. The first-order valence-corrected chi connectivity index (χ1v) is 16.7. The van der Waals surface area contributed by atoms with Crippen molar-refractivity contribution in [2.24, 2.45) is 0 Å². The molecule has 0 unspecified atom stereocenters. The Morgan fingerprint density at radius 1 is 0.316 bits per heavy atom. The number of para-hydroxylation sites is 3. The van der Waals surface area contributed by atoms with Crippen LogP contribution in [0.15, 0.2) is 210 Å². The minimum atomic E-state index is -1.13. The number of rotatable bonds is 5. The van der Waals surface area contributed by atoms with Crippen LogP contribution in [0.1, 0.15) is 46.6 Å². The van der Waals surface area contributed by atoms with Gasteiger partial charge in [0.25, 0.3) is 0 Å². The number of hydrogen-bond donors (Lipinski definition) is 0. The minimum Gasteiger partial charge on any atom is -0.454 e. The van der Waals surface area contributed by atoms with E-state index in [1.165, 1.54) is 0 Å². The summed E-state index contributed by atoms with van der Waals surface area (Å²) in [5.41, 5.74) is -10.9. The highest BCUT2D eigenvalue weighted by Gasteiger charge is 2.19. The van der Waals surface area contributed by atoms with E-state index in [-0.39, 0.29) is 0 Å². The lowest BCUT2D eigenvalue weighted by Crippen LogP contribution is -1.94. The molecule has 0 N–H and O–H groups in total. The molecule has 0 bridgehead atoms. The first-order chi connectivity index (χ1) is 42.4. The number of hydrogen-bond acceptors (Lipinski definition) is 1. The van der Waals surface area contributed by atoms with E-state index in [1.54, 1.807) is 0 Å². The van der Waals surface area contributed by atoms with Crippen LogP contribution in [0.5, 0.6) is 0 Å². The molecule has 0 amide bonds. The van der Waals surface area contributed by atoms with E-state index in [0.717, 1.165) is 4.57 Å². The van der Waals surface area contributed by atoms with Gasteiger partial charge in [-0.3, -0.25) is 0 Å². The van der Waals surface area contributed by atoms with Crippen LogP contribution in [0.4, 0.5) is 0 Å². The summed E-state index contributed by atoms with van der Waals surface area (Å²) in [5.74, 6) is 0. The highest BCUT2D eigenvalue weighted by Crippen LogP contribution is 2.41. The summed E-state index contributed by atoms with van der Waals surface area (Å²) in [6, 6.07) is -33.0. The summed E-state index contributed by atoms with van der Waals surface area (Å²) in [4.78, 5) is 0. The molecule has 9 aromatic carbocycles. The number of furan rings is 1. The van der Waals surface area contributed by atoms with Crippen molar-refractivity contribution in [3.8, 4) is 44.8 Å². The molecule has 0 atom stereocenters. The van der Waals surface area contributed by atoms with Crippen molar-refractivity contribution in [2.45, 2.75) is 0 Å². The lowest BCUT2D eigenvalue weighted by molar-refractivity contribution is 0.666. The predicted octanol–water partition coefficient (Wildman–Crippen LogP) is 14.8. The molecule has 0 aliphatic carbocycles. The molecule has 3 aromatic heterocycles. The van der Waals surface area contributed by atoms with Gasteiger partial charge in [0.2, 0.25) is 0 Å². The van der Waals surface area contributed by atoms with Gasteiger partial charge in [-0.2, -0.15) is 0 Å². The summed E-state index contributed by atoms with van der Waals surface area (Å²) in [6.45, 7) is 0. The van der Waals surface area contributed by atoms with Gasteiger partial charge >= 0.3 is 0 Å². The quantitative estimate of drug-likeness (QED) is 0.171. The number of nitrogens with zero attached hydrogens (tertiary/aromatic N) is 2. The van der Waals surface area contributed by atoms with Crippen LogP contribution < -0.4 is 0 Å². The topological polar surface area (TPSA) is 23.0 Å². The Balaban J connectivity index is 1.24. The smallest absolute Gasteiger partial charge is 0.159 e. The first kappa shape index (κ1) is 13.0. The van der Waals surface area contributed by atoms with Crippen molar-refractivity contribution in [3.05, 3.63) is 205 Å². The summed E-state index contributed by atoms with van der Waals surface area (Å²) in [5, 5.41) is -3.92. The highest BCUT2D eigenvalue weighted by atomic mass is 16.3. The van der Waals surface area contributed by atoms with Crippen LogP contribution in [0.3, 0.4) is 0 Å². The first-order valence-electron chi connectivity index (χ1n) is 33.7. The van der Waals surface area contributed by atoms with E-state index in [2.05, 4.69) is 0 Å². The third-order valence-corrected chi connectivity index (χ3v) is 9.17. The number of aromatic nitrogens is 2.